The van der Waals surface area contributed by atoms with Crippen molar-refractivity contribution in [2.24, 2.45) is 0 Å². The van der Waals surface area contributed by atoms with Crippen LogP contribution in [0.2, 0.25) is 16.6 Å². The van der Waals surface area contributed by atoms with Crippen molar-refractivity contribution in [3.63, 3.8) is 0 Å². The zero-order chi connectivity index (χ0) is 19.6. The lowest BCUT2D eigenvalue weighted by molar-refractivity contribution is 0.838. The Morgan fingerprint density at radius 3 is 1.89 bits per heavy atom. The Morgan fingerprint density at radius 2 is 1.30 bits per heavy atom. The normalized spacial score (nSPS) is 12.0. The minimum Gasteiger partial charge on any atom is -0.353 e. The molecule has 0 aliphatic heterocycles. The van der Waals surface area contributed by atoms with E-state index in [1.54, 1.807) is 0 Å². The molecule has 1 nitrogen and oxygen atoms in total. The van der Waals surface area contributed by atoms with Gasteiger partial charge in [0.05, 0.1) is 11.3 Å². The number of para-hydroxylation sites is 1. The van der Waals surface area contributed by atoms with Crippen LogP contribution in [0.5, 0.6) is 0 Å². The summed E-state index contributed by atoms with van der Waals surface area (Å²) >= 11 is 0. The number of aromatic amines is 1. The van der Waals surface area contributed by atoms with Crippen molar-refractivity contribution in [1.82, 2.24) is 4.98 Å². The van der Waals surface area contributed by atoms with E-state index in [0.29, 0.717) is 16.6 Å². The first kappa shape index (κ1) is 19.5. The predicted octanol–water partition coefficient (Wildman–Crippen LogP) is 7.40. The van der Waals surface area contributed by atoms with Gasteiger partial charge in [0.25, 0.3) is 0 Å². The Labute approximate surface area is 165 Å². The Bertz CT molecular complexity index is 946. The second kappa shape index (κ2) is 7.78. The average molecular weight is 374 g/mol. The minimum atomic E-state index is -1.77. The number of fused-ring (bicyclic) bond motifs is 1. The van der Waals surface area contributed by atoms with Crippen LogP contribution in [0.25, 0.3) is 22.2 Å². The van der Waals surface area contributed by atoms with E-state index in [1.165, 1.54) is 10.9 Å². The number of H-pyrrole nitrogens is 1. The molecule has 1 heterocycles. The highest BCUT2D eigenvalue weighted by atomic mass is 28.3. The molecule has 0 spiro atoms. The molecule has 0 fully saturated rings. The van der Waals surface area contributed by atoms with Crippen LogP contribution >= 0.6 is 0 Å². The zero-order valence-electron chi connectivity index (χ0n) is 17.4. The van der Waals surface area contributed by atoms with E-state index in [9.17, 15) is 0 Å². The molecule has 0 aliphatic rings. The van der Waals surface area contributed by atoms with Gasteiger partial charge in [-0.1, -0.05) is 96.0 Å². The molecule has 0 bridgehead atoms. The van der Waals surface area contributed by atoms with Crippen LogP contribution in [0.1, 0.15) is 47.1 Å². The maximum atomic E-state index is 3.91. The predicted molar refractivity (Wildman–Crippen MR) is 122 cm³/mol. The maximum Gasteiger partial charge on any atom is 0.146 e. The summed E-state index contributed by atoms with van der Waals surface area (Å²) in [5.74, 6) is 3.70. The maximum absolute atomic E-state index is 3.91. The van der Waals surface area contributed by atoms with E-state index in [2.05, 4.69) is 113 Å². The molecule has 140 valence electrons. The molecule has 0 aliphatic carbocycles. The van der Waals surface area contributed by atoms with Crippen LogP contribution in [0.15, 0.2) is 54.6 Å². The molecule has 3 rings (SSSR count). The largest absolute Gasteiger partial charge is 0.353 e. The molecule has 27 heavy (non-hydrogen) atoms. The van der Waals surface area contributed by atoms with Gasteiger partial charge in [0.2, 0.25) is 0 Å². The van der Waals surface area contributed by atoms with Crippen LogP contribution in [-0.2, 0) is 0 Å². The molecule has 0 saturated carbocycles. The van der Waals surface area contributed by atoms with Crippen LogP contribution in [0.4, 0.5) is 0 Å². The molecule has 0 radical (unpaired) electrons. The van der Waals surface area contributed by atoms with E-state index >= 15 is 0 Å². The molecule has 1 aromatic heterocycles. The Kier molecular flexibility index (Phi) is 5.63. The average Bonchev–Trinajstić information content (AvgIpc) is 3.01. The van der Waals surface area contributed by atoms with Gasteiger partial charge < -0.3 is 4.98 Å². The van der Waals surface area contributed by atoms with Gasteiger partial charge >= 0.3 is 0 Å². The Hall–Kier alpha value is -2.24. The number of aromatic nitrogens is 1. The third-order valence-corrected chi connectivity index (χ3v) is 12.3. The number of hydrogen-bond acceptors (Lipinski definition) is 0. The first-order valence-electron chi connectivity index (χ1n) is 10.1. The molecule has 0 atom stereocenters. The Morgan fingerprint density at radius 1 is 0.741 bits per heavy atom. The summed E-state index contributed by atoms with van der Waals surface area (Å²) in [5.41, 5.74) is 10.5. The number of benzene rings is 2. The first-order valence-corrected chi connectivity index (χ1v) is 12.3. The van der Waals surface area contributed by atoms with Gasteiger partial charge in [-0.2, -0.15) is 0 Å². The molecular formula is C25H31NSi. The fraction of sp³-hybridized carbons (Fsp3) is 0.360. The standard InChI is InChI=1S/C25H31NSi/c1-18(2)27(19(3)4,20(5)6)17-16-23-22-14-10-11-15-24(22)26-25(23)21-12-8-7-9-13-21/h7-15,18-20,26H,1-6H3. The van der Waals surface area contributed by atoms with E-state index in [1.807, 2.05) is 0 Å². The molecular weight excluding hydrogens is 342 g/mol. The van der Waals surface area contributed by atoms with E-state index in [4.69, 9.17) is 0 Å². The quantitative estimate of drug-likeness (QED) is 0.362. The highest BCUT2D eigenvalue weighted by Crippen LogP contribution is 2.41. The van der Waals surface area contributed by atoms with Gasteiger partial charge in [0, 0.05) is 10.9 Å². The lowest BCUT2D eigenvalue weighted by atomic mass is 10.1. The first-order chi connectivity index (χ1) is 12.9. The molecule has 0 saturated heterocycles. The smallest absolute Gasteiger partial charge is 0.146 e. The molecule has 2 aromatic carbocycles. The van der Waals surface area contributed by atoms with Crippen LogP contribution in [-0.4, -0.2) is 13.1 Å². The third-order valence-electron chi connectivity index (χ3n) is 6.04. The summed E-state index contributed by atoms with van der Waals surface area (Å²) in [5, 5.41) is 1.23. The topological polar surface area (TPSA) is 15.8 Å². The van der Waals surface area contributed by atoms with Gasteiger partial charge in [-0.25, -0.2) is 0 Å². The molecule has 0 amide bonds. The second-order valence-corrected chi connectivity index (χ2v) is 14.0. The number of hydrogen-bond donors (Lipinski definition) is 1. The molecule has 2 heteroatoms. The lowest BCUT2D eigenvalue weighted by Crippen LogP contribution is -2.43. The summed E-state index contributed by atoms with van der Waals surface area (Å²) in [6.07, 6.45) is 0. The number of nitrogens with one attached hydrogen (secondary N) is 1. The molecule has 3 aromatic rings. The summed E-state index contributed by atoms with van der Waals surface area (Å²) in [4.78, 5) is 3.62. The van der Waals surface area contributed by atoms with Gasteiger partial charge in [0.1, 0.15) is 8.07 Å². The fourth-order valence-corrected chi connectivity index (χ4v) is 9.90. The summed E-state index contributed by atoms with van der Waals surface area (Å²) < 4.78 is 0. The van der Waals surface area contributed by atoms with Gasteiger partial charge in [-0.15, -0.1) is 5.54 Å². The van der Waals surface area contributed by atoms with Crippen LogP contribution in [0.3, 0.4) is 0 Å². The minimum absolute atomic E-state index is 0.635. The van der Waals surface area contributed by atoms with Crippen molar-refractivity contribution in [3.05, 3.63) is 60.2 Å². The highest BCUT2D eigenvalue weighted by Gasteiger charge is 2.41. The molecule has 1 N–H and O–H groups in total. The lowest BCUT2D eigenvalue weighted by Gasteiger charge is -2.38. The fourth-order valence-electron chi connectivity index (χ4n) is 4.70. The van der Waals surface area contributed by atoms with Crippen molar-refractivity contribution in [2.45, 2.75) is 58.2 Å². The van der Waals surface area contributed by atoms with Crippen molar-refractivity contribution in [2.75, 3.05) is 0 Å². The van der Waals surface area contributed by atoms with Crippen molar-refractivity contribution < 1.29 is 0 Å². The van der Waals surface area contributed by atoms with Crippen LogP contribution < -0.4 is 0 Å². The summed E-state index contributed by atoms with van der Waals surface area (Å²) in [6, 6.07) is 19.1. The number of rotatable bonds is 4. The van der Waals surface area contributed by atoms with Crippen molar-refractivity contribution in [3.8, 4) is 22.7 Å². The van der Waals surface area contributed by atoms with E-state index < -0.39 is 8.07 Å². The third kappa shape index (κ3) is 3.49. The summed E-state index contributed by atoms with van der Waals surface area (Å²) in [7, 11) is -1.77. The zero-order valence-corrected chi connectivity index (χ0v) is 18.4. The van der Waals surface area contributed by atoms with Crippen molar-refractivity contribution in [1.29, 1.82) is 0 Å². The summed E-state index contributed by atoms with van der Waals surface area (Å²) in [6.45, 7) is 14.2. The van der Waals surface area contributed by atoms with E-state index in [-0.39, 0.29) is 0 Å². The van der Waals surface area contributed by atoms with Gasteiger partial charge in [-0.3, -0.25) is 0 Å². The Balaban J connectivity index is 2.25. The van der Waals surface area contributed by atoms with Gasteiger partial charge in [0.15, 0.2) is 0 Å². The van der Waals surface area contributed by atoms with Crippen molar-refractivity contribution >= 4 is 19.0 Å². The highest BCUT2D eigenvalue weighted by molar-refractivity contribution is 6.90. The SMILES string of the molecule is CC(C)[Si](C#Cc1c(-c2ccccc2)[nH]c2ccccc12)(C(C)C)C(C)C. The molecule has 0 unspecified atom stereocenters. The monoisotopic (exact) mass is 373 g/mol. The second-order valence-electron chi connectivity index (χ2n) is 8.43. The van der Waals surface area contributed by atoms with Gasteiger partial charge in [-0.05, 0) is 28.3 Å². The van der Waals surface area contributed by atoms with E-state index in [0.717, 1.165) is 16.8 Å². The van der Waals surface area contributed by atoms with Crippen LogP contribution in [0, 0.1) is 11.5 Å².